The first kappa shape index (κ1) is 22.5. The van der Waals surface area contributed by atoms with Crippen LogP contribution in [0.5, 0.6) is 0 Å². The Labute approximate surface area is 180 Å². The van der Waals surface area contributed by atoms with Crippen molar-refractivity contribution in [2.24, 2.45) is 5.92 Å². The Morgan fingerprint density at radius 2 is 1.93 bits per heavy atom. The molecule has 1 aromatic heterocycles. The molecule has 6 heteroatoms. The first-order chi connectivity index (χ1) is 14.2. The highest BCUT2D eigenvalue weighted by Crippen LogP contribution is 2.42. The van der Waals surface area contributed by atoms with Gasteiger partial charge in [-0.25, -0.2) is 0 Å². The molecule has 6 nitrogen and oxygen atoms in total. The maximum Gasteiger partial charge on any atom is 0.223 e. The highest BCUT2D eigenvalue weighted by molar-refractivity contribution is 5.80. The number of aryl methyl sites for hydroxylation is 2. The van der Waals surface area contributed by atoms with E-state index in [2.05, 4.69) is 74.3 Å². The lowest BCUT2D eigenvalue weighted by Crippen LogP contribution is -2.44. The second-order valence-electron chi connectivity index (χ2n) is 9.37. The predicted octanol–water partition coefficient (Wildman–Crippen LogP) is 3.62. The van der Waals surface area contributed by atoms with Crippen LogP contribution in [-0.2, 0) is 22.6 Å². The van der Waals surface area contributed by atoms with Gasteiger partial charge in [0.2, 0.25) is 5.91 Å². The zero-order valence-corrected chi connectivity index (χ0v) is 19.2. The minimum absolute atomic E-state index is 0.0271. The van der Waals surface area contributed by atoms with Crippen LogP contribution in [0.1, 0.15) is 55.5 Å². The van der Waals surface area contributed by atoms with Crippen LogP contribution < -0.4 is 5.32 Å². The van der Waals surface area contributed by atoms with E-state index in [9.17, 15) is 4.79 Å². The lowest BCUT2D eigenvalue weighted by atomic mass is 9.93. The summed E-state index contributed by atoms with van der Waals surface area (Å²) in [6.45, 7) is 13.6. The quantitative estimate of drug-likeness (QED) is 0.719. The van der Waals surface area contributed by atoms with Gasteiger partial charge < -0.3 is 15.0 Å². The van der Waals surface area contributed by atoms with Gasteiger partial charge in [0.05, 0.1) is 25.4 Å². The van der Waals surface area contributed by atoms with E-state index in [1.165, 1.54) is 16.7 Å². The summed E-state index contributed by atoms with van der Waals surface area (Å²) in [6.07, 6.45) is 4.54. The minimum Gasteiger partial charge on any atom is -0.383 e. The third-order valence-corrected chi connectivity index (χ3v) is 6.02. The van der Waals surface area contributed by atoms with E-state index in [1.54, 1.807) is 7.11 Å². The molecular formula is C24H36N4O2. The molecule has 1 N–H and O–H groups in total. The molecule has 1 amide bonds. The Balaban J connectivity index is 1.78. The van der Waals surface area contributed by atoms with Gasteiger partial charge in [-0.3, -0.25) is 9.48 Å². The molecule has 3 rings (SSSR count). The van der Waals surface area contributed by atoms with E-state index in [0.717, 1.165) is 18.7 Å². The summed E-state index contributed by atoms with van der Waals surface area (Å²) >= 11 is 0. The highest BCUT2D eigenvalue weighted by Gasteiger charge is 2.45. The number of methoxy groups -OCH3 is 1. The molecule has 1 aliphatic heterocycles. The van der Waals surface area contributed by atoms with Gasteiger partial charge in [0.15, 0.2) is 0 Å². The molecule has 2 aromatic rings. The van der Waals surface area contributed by atoms with Crippen LogP contribution in [0.3, 0.4) is 0 Å². The van der Waals surface area contributed by atoms with Crippen molar-refractivity contribution in [3.8, 4) is 0 Å². The summed E-state index contributed by atoms with van der Waals surface area (Å²) in [6, 6.07) is 6.44. The average molecular weight is 413 g/mol. The monoisotopic (exact) mass is 412 g/mol. The number of hydrogen-bond acceptors (Lipinski definition) is 4. The SMILES string of the molecule is COCCn1cc([C@H]2[C@H](CNCc3c(C)cccc3C)CC(=O)N2C(C)(C)C)cn1. The smallest absolute Gasteiger partial charge is 0.223 e. The number of carbonyl (C=O) groups is 1. The van der Waals surface area contributed by atoms with Gasteiger partial charge in [0.1, 0.15) is 0 Å². The van der Waals surface area contributed by atoms with Crippen molar-refractivity contribution >= 4 is 5.91 Å². The standard InChI is InChI=1S/C24H36N4O2/c1-17-8-7-9-18(2)21(17)15-25-13-19-12-22(29)28(24(3,4)5)23(19)20-14-26-27(16-20)10-11-30-6/h7-9,14,16,19,23,25H,10-13,15H2,1-6H3/t19-,23+/m0/s1. The maximum absolute atomic E-state index is 13.0. The lowest BCUT2D eigenvalue weighted by Gasteiger charge is -2.38. The average Bonchev–Trinajstić information content (AvgIpc) is 3.26. The summed E-state index contributed by atoms with van der Waals surface area (Å²) in [4.78, 5) is 15.0. The Morgan fingerprint density at radius 3 is 2.57 bits per heavy atom. The molecule has 0 spiro atoms. The Morgan fingerprint density at radius 1 is 1.23 bits per heavy atom. The van der Waals surface area contributed by atoms with Gasteiger partial charge in [0.25, 0.3) is 0 Å². The van der Waals surface area contributed by atoms with Gasteiger partial charge in [-0.15, -0.1) is 0 Å². The third kappa shape index (κ3) is 4.93. The number of likely N-dealkylation sites (tertiary alicyclic amines) is 1. The van der Waals surface area contributed by atoms with Crippen LogP contribution in [-0.4, -0.2) is 46.4 Å². The minimum atomic E-state index is -0.238. The third-order valence-electron chi connectivity index (χ3n) is 6.02. The second kappa shape index (κ2) is 9.31. The first-order valence-electron chi connectivity index (χ1n) is 10.8. The molecule has 0 bridgehead atoms. The van der Waals surface area contributed by atoms with E-state index < -0.39 is 0 Å². The van der Waals surface area contributed by atoms with Crippen LogP contribution in [0.25, 0.3) is 0 Å². The zero-order valence-electron chi connectivity index (χ0n) is 19.2. The van der Waals surface area contributed by atoms with E-state index in [0.29, 0.717) is 19.6 Å². The summed E-state index contributed by atoms with van der Waals surface area (Å²) in [5, 5.41) is 8.14. The van der Waals surface area contributed by atoms with E-state index in [1.807, 2.05) is 10.9 Å². The number of nitrogens with one attached hydrogen (secondary N) is 1. The number of ether oxygens (including phenoxy) is 1. The van der Waals surface area contributed by atoms with Gasteiger partial charge in [0, 0.05) is 49.8 Å². The first-order valence-corrected chi connectivity index (χ1v) is 10.8. The van der Waals surface area contributed by atoms with E-state index in [4.69, 9.17) is 4.74 Å². The number of amides is 1. The maximum atomic E-state index is 13.0. The van der Waals surface area contributed by atoms with Gasteiger partial charge in [-0.2, -0.15) is 5.10 Å². The number of hydrogen-bond donors (Lipinski definition) is 1. The summed E-state index contributed by atoms with van der Waals surface area (Å²) < 4.78 is 7.08. The summed E-state index contributed by atoms with van der Waals surface area (Å²) in [7, 11) is 1.69. The highest BCUT2D eigenvalue weighted by atomic mass is 16.5. The molecule has 164 valence electrons. The number of rotatable bonds is 8. The topological polar surface area (TPSA) is 59.4 Å². The zero-order chi connectivity index (χ0) is 21.9. The van der Waals surface area contributed by atoms with Crippen molar-refractivity contribution in [3.05, 3.63) is 52.8 Å². The van der Waals surface area contributed by atoms with Crippen LogP contribution in [0.2, 0.25) is 0 Å². The fraction of sp³-hybridized carbons (Fsp3) is 0.583. The van der Waals surface area contributed by atoms with Crippen molar-refractivity contribution in [1.82, 2.24) is 20.0 Å². The molecule has 2 atom stereocenters. The molecule has 0 aliphatic carbocycles. The molecule has 1 saturated heterocycles. The normalized spacial score (nSPS) is 19.7. The fourth-order valence-corrected chi connectivity index (χ4v) is 4.55. The van der Waals surface area contributed by atoms with E-state index in [-0.39, 0.29) is 23.4 Å². The molecule has 0 radical (unpaired) electrons. The lowest BCUT2D eigenvalue weighted by molar-refractivity contribution is -0.133. The largest absolute Gasteiger partial charge is 0.383 e. The van der Waals surface area contributed by atoms with Gasteiger partial charge in [-0.1, -0.05) is 18.2 Å². The number of benzene rings is 1. The summed E-state index contributed by atoms with van der Waals surface area (Å²) in [5.41, 5.74) is 4.82. The van der Waals surface area contributed by atoms with Crippen LogP contribution in [0, 0.1) is 19.8 Å². The van der Waals surface area contributed by atoms with Crippen molar-refractivity contribution in [2.45, 2.75) is 65.7 Å². The van der Waals surface area contributed by atoms with Crippen LogP contribution in [0.4, 0.5) is 0 Å². The van der Waals surface area contributed by atoms with Crippen LogP contribution >= 0.6 is 0 Å². The molecule has 1 aliphatic rings. The second-order valence-corrected chi connectivity index (χ2v) is 9.37. The van der Waals surface area contributed by atoms with Gasteiger partial charge in [-0.05, 0) is 51.3 Å². The molecule has 1 aromatic carbocycles. The number of nitrogens with zero attached hydrogens (tertiary/aromatic N) is 3. The predicted molar refractivity (Wildman–Crippen MR) is 119 cm³/mol. The fourth-order valence-electron chi connectivity index (χ4n) is 4.55. The molecule has 0 unspecified atom stereocenters. The molecule has 1 fully saturated rings. The Bertz CT molecular complexity index is 848. The molecular weight excluding hydrogens is 376 g/mol. The van der Waals surface area contributed by atoms with Crippen molar-refractivity contribution in [1.29, 1.82) is 0 Å². The summed E-state index contributed by atoms with van der Waals surface area (Å²) in [5.74, 6) is 0.428. The Hall–Kier alpha value is -2.18. The Kier molecular flexibility index (Phi) is 6.98. The van der Waals surface area contributed by atoms with Crippen molar-refractivity contribution in [2.75, 3.05) is 20.3 Å². The number of carbonyl (C=O) groups excluding carboxylic acids is 1. The molecule has 30 heavy (non-hydrogen) atoms. The van der Waals surface area contributed by atoms with Gasteiger partial charge >= 0.3 is 0 Å². The molecule has 0 saturated carbocycles. The van der Waals surface area contributed by atoms with Crippen molar-refractivity contribution in [3.63, 3.8) is 0 Å². The molecule has 2 heterocycles. The number of aromatic nitrogens is 2. The van der Waals surface area contributed by atoms with Crippen LogP contribution in [0.15, 0.2) is 30.6 Å². The van der Waals surface area contributed by atoms with E-state index >= 15 is 0 Å². The van der Waals surface area contributed by atoms with Crippen molar-refractivity contribution < 1.29 is 9.53 Å².